The molecular weight excluding hydrogens is 853 g/mol. The van der Waals surface area contributed by atoms with E-state index >= 15 is 0 Å². The number of methoxy groups -OCH3 is 2. The van der Waals surface area contributed by atoms with Crippen molar-refractivity contribution < 1.29 is 43.3 Å². The fourth-order valence-electron chi connectivity index (χ4n) is 10.0. The van der Waals surface area contributed by atoms with Crippen LogP contribution in [0.15, 0.2) is 42.5 Å². The predicted molar refractivity (Wildman–Crippen MR) is 261 cm³/mol. The minimum absolute atomic E-state index is 0.0237. The van der Waals surface area contributed by atoms with Gasteiger partial charge >= 0.3 is 0 Å². The highest BCUT2D eigenvalue weighted by atomic mass is 16.5. The van der Waals surface area contributed by atoms with Gasteiger partial charge in [0.05, 0.1) is 48.8 Å². The molecule has 0 saturated carbocycles. The Morgan fingerprint density at radius 2 is 1.51 bits per heavy atom. The van der Waals surface area contributed by atoms with Gasteiger partial charge in [-0.3, -0.25) is 28.8 Å². The highest BCUT2D eigenvalue weighted by molar-refractivity contribution is 5.92. The van der Waals surface area contributed by atoms with E-state index in [4.69, 9.17) is 9.47 Å². The molecule has 3 rings (SSSR count). The normalized spacial score (nSPS) is 22.1. The van der Waals surface area contributed by atoms with E-state index in [0.717, 1.165) is 38.5 Å². The van der Waals surface area contributed by atoms with Crippen LogP contribution in [0.3, 0.4) is 0 Å². The number of nitrogens with one attached hydrogen (secondary N) is 3. The zero-order valence-corrected chi connectivity index (χ0v) is 43.0. The summed E-state index contributed by atoms with van der Waals surface area (Å²) in [6, 6.07) is 5.81. The van der Waals surface area contributed by atoms with Gasteiger partial charge in [0.1, 0.15) is 12.1 Å². The second-order valence-corrected chi connectivity index (χ2v) is 20.1. The molecule has 0 aromatic heterocycles. The van der Waals surface area contributed by atoms with Crippen LogP contribution in [0.5, 0.6) is 0 Å². The van der Waals surface area contributed by atoms with Crippen molar-refractivity contribution >= 4 is 35.4 Å². The molecule has 67 heavy (non-hydrogen) atoms. The van der Waals surface area contributed by atoms with Gasteiger partial charge in [0.2, 0.25) is 35.4 Å². The summed E-state index contributed by atoms with van der Waals surface area (Å²) in [5.41, 5.74) is 0.191. The number of carbonyl (C=O) groups excluding carboxylic acids is 6. The molecule has 378 valence electrons. The van der Waals surface area contributed by atoms with Gasteiger partial charge in [-0.2, -0.15) is 0 Å². The van der Waals surface area contributed by atoms with Gasteiger partial charge in [-0.1, -0.05) is 104 Å². The molecule has 1 heterocycles. The number of aliphatic hydroxyl groups is 1. The van der Waals surface area contributed by atoms with Gasteiger partial charge in [-0.05, 0) is 75.2 Å². The Kier molecular flexibility index (Phi) is 23.0. The Morgan fingerprint density at radius 3 is 2.10 bits per heavy atom. The molecular formula is C52H86N6O9. The van der Waals surface area contributed by atoms with E-state index in [9.17, 15) is 33.9 Å². The molecule has 4 N–H and O–H groups in total. The maximum atomic E-state index is 14.6. The summed E-state index contributed by atoms with van der Waals surface area (Å²) in [6.07, 6.45) is 8.31. The first kappa shape index (κ1) is 57.0. The second kappa shape index (κ2) is 27.0. The fraction of sp³-hybridized carbons (Fsp3) is 0.731. The lowest BCUT2D eigenvalue weighted by atomic mass is 9.78. The van der Waals surface area contributed by atoms with Crippen LogP contribution in [0.4, 0.5) is 0 Å². The molecule has 0 spiro atoms. The van der Waals surface area contributed by atoms with Crippen LogP contribution in [-0.2, 0) is 38.2 Å². The second-order valence-electron chi connectivity index (χ2n) is 20.1. The maximum Gasteiger partial charge on any atom is 0.245 e. The predicted octanol–water partition coefficient (Wildman–Crippen LogP) is 5.80. The molecule has 1 aliphatic carbocycles. The molecule has 1 saturated heterocycles. The number of ether oxygens (including phenoxy) is 2. The summed E-state index contributed by atoms with van der Waals surface area (Å²) in [4.78, 5) is 88.3. The first-order chi connectivity index (χ1) is 31.6. The summed E-state index contributed by atoms with van der Waals surface area (Å²) < 4.78 is 12.0. The third-order valence-electron chi connectivity index (χ3n) is 14.5. The topological polar surface area (TPSA) is 187 Å². The average Bonchev–Trinajstić information content (AvgIpc) is 3.78. The standard InChI is InChI=1S/C52H86N6O9/c1-14-35(6)45(40(66-12)32-42(60)58-31-23-26-39(58)47(67-13)36(7)48(62)54-37(8)46(61)38-24-19-18-20-25-38)57(11)50(64)43(33(2)3)55-49(63)44(34(4)5)56(10)41(59)27-30-53-51(65)52(9)28-21-16-15-17-22-29-52/h15-16,18-20,24-25,33-37,39-40,43-47,61H,14,17,21-23,26-32H2,1-13H3,(H,53,65)(H,54,62)(H,55,63)/b16-15+/t35-,36?,37?,39?,40?,43?,44?,45?,46?,47?,52?/m0/s1. The highest BCUT2D eigenvalue weighted by Gasteiger charge is 2.44. The highest BCUT2D eigenvalue weighted by Crippen LogP contribution is 2.33. The zero-order chi connectivity index (χ0) is 50.2. The Hall–Kier alpha value is -4.34. The number of benzene rings is 1. The number of rotatable bonds is 24. The van der Waals surface area contributed by atoms with Crippen LogP contribution < -0.4 is 16.0 Å². The molecule has 10 unspecified atom stereocenters. The van der Waals surface area contributed by atoms with Crippen molar-refractivity contribution in [3.05, 3.63) is 48.0 Å². The molecule has 1 fully saturated rings. The third kappa shape index (κ3) is 15.3. The molecule has 2 aliphatic rings. The largest absolute Gasteiger partial charge is 0.386 e. The molecule has 1 aliphatic heterocycles. The van der Waals surface area contributed by atoms with Gasteiger partial charge < -0.3 is 45.2 Å². The van der Waals surface area contributed by atoms with Crippen LogP contribution in [-0.4, -0.2) is 139 Å². The molecule has 15 heteroatoms. The summed E-state index contributed by atoms with van der Waals surface area (Å²) in [6.45, 7) is 17.6. The minimum Gasteiger partial charge on any atom is -0.386 e. The number of carbonyl (C=O) groups is 6. The maximum absolute atomic E-state index is 14.6. The molecule has 0 radical (unpaired) electrons. The van der Waals surface area contributed by atoms with Gasteiger partial charge in [0.25, 0.3) is 0 Å². The number of likely N-dealkylation sites (N-methyl/N-ethyl adjacent to an activating group) is 2. The van der Waals surface area contributed by atoms with Crippen LogP contribution in [0.1, 0.15) is 138 Å². The minimum atomic E-state index is -0.949. The van der Waals surface area contributed by atoms with Gasteiger partial charge in [0, 0.05) is 53.2 Å². The summed E-state index contributed by atoms with van der Waals surface area (Å²) in [7, 11) is 6.34. The lowest BCUT2D eigenvalue weighted by Crippen LogP contribution is -2.60. The molecule has 11 atom stereocenters. The SMILES string of the molecule is CC[C@H](C)C(C(CC(=O)N1CCCC1C(OC)C(C)C(=O)NC(C)C(O)c1ccccc1)OC)N(C)C(=O)C(NC(=O)C(C(C)C)N(C)C(=O)CCNC(=O)C1(C)CC/C=C/CCC1)C(C)C. The van der Waals surface area contributed by atoms with E-state index in [1.165, 1.54) is 12.0 Å². The van der Waals surface area contributed by atoms with Crippen molar-refractivity contribution in [3.8, 4) is 0 Å². The summed E-state index contributed by atoms with van der Waals surface area (Å²) >= 11 is 0. The fourth-order valence-corrected chi connectivity index (χ4v) is 10.0. The van der Waals surface area contributed by atoms with E-state index in [2.05, 4.69) is 28.1 Å². The number of aliphatic hydroxyl groups excluding tert-OH is 1. The first-order valence-electron chi connectivity index (χ1n) is 24.8. The quantitative estimate of drug-likeness (QED) is 0.0930. The molecule has 1 aromatic rings. The Labute approximate surface area is 401 Å². The van der Waals surface area contributed by atoms with E-state index in [-0.39, 0.29) is 72.7 Å². The van der Waals surface area contributed by atoms with E-state index in [1.54, 1.807) is 44.9 Å². The monoisotopic (exact) mass is 939 g/mol. The Balaban J connectivity index is 1.72. The summed E-state index contributed by atoms with van der Waals surface area (Å²) in [5.74, 6) is -2.99. The zero-order valence-electron chi connectivity index (χ0n) is 43.0. The molecule has 1 aromatic carbocycles. The van der Waals surface area contributed by atoms with E-state index < -0.39 is 59.7 Å². The summed E-state index contributed by atoms with van der Waals surface area (Å²) in [5, 5.41) is 19.8. The van der Waals surface area contributed by atoms with Crippen LogP contribution >= 0.6 is 0 Å². The van der Waals surface area contributed by atoms with Crippen molar-refractivity contribution in [1.29, 1.82) is 0 Å². The van der Waals surface area contributed by atoms with Gasteiger partial charge in [0.15, 0.2) is 0 Å². The smallest absolute Gasteiger partial charge is 0.245 e. The first-order valence-corrected chi connectivity index (χ1v) is 24.8. The van der Waals surface area contributed by atoms with Crippen molar-refractivity contribution in [2.75, 3.05) is 41.4 Å². The van der Waals surface area contributed by atoms with E-state index in [0.29, 0.717) is 24.9 Å². The number of amides is 6. The van der Waals surface area contributed by atoms with Crippen LogP contribution in [0.2, 0.25) is 0 Å². The lowest BCUT2D eigenvalue weighted by Gasteiger charge is -2.41. The van der Waals surface area contributed by atoms with Crippen LogP contribution in [0, 0.1) is 29.1 Å². The molecule has 15 nitrogen and oxygen atoms in total. The van der Waals surface area contributed by atoms with Gasteiger partial charge in [-0.15, -0.1) is 0 Å². The van der Waals surface area contributed by atoms with Crippen LogP contribution in [0.25, 0.3) is 0 Å². The lowest BCUT2D eigenvalue weighted by molar-refractivity contribution is -0.148. The number of hydrogen-bond donors (Lipinski definition) is 4. The number of hydrogen-bond acceptors (Lipinski definition) is 9. The van der Waals surface area contributed by atoms with Crippen molar-refractivity contribution in [1.82, 2.24) is 30.7 Å². The van der Waals surface area contributed by atoms with Crippen molar-refractivity contribution in [2.24, 2.45) is 29.1 Å². The van der Waals surface area contributed by atoms with Gasteiger partial charge in [-0.25, -0.2) is 0 Å². The van der Waals surface area contributed by atoms with Crippen molar-refractivity contribution in [2.45, 2.75) is 175 Å². The third-order valence-corrected chi connectivity index (χ3v) is 14.5. The Morgan fingerprint density at radius 1 is 0.851 bits per heavy atom. The number of nitrogens with zero attached hydrogens (tertiary/aromatic N) is 3. The van der Waals surface area contributed by atoms with E-state index in [1.807, 2.05) is 78.8 Å². The Bertz CT molecular complexity index is 1790. The molecule has 0 bridgehead atoms. The number of likely N-dealkylation sites (tertiary alicyclic amines) is 1. The number of allylic oxidation sites excluding steroid dienone is 2. The molecule has 6 amide bonds. The average molecular weight is 939 g/mol. The van der Waals surface area contributed by atoms with Crippen molar-refractivity contribution in [3.63, 3.8) is 0 Å².